The van der Waals surface area contributed by atoms with E-state index in [1.54, 1.807) is 25.8 Å². The number of thioether (sulfide) groups is 1. The van der Waals surface area contributed by atoms with Gasteiger partial charge < -0.3 is 14.2 Å². The Morgan fingerprint density at radius 2 is 2.20 bits per heavy atom. The fraction of sp³-hybridized carbons (Fsp3) is 0.308. The Labute approximate surface area is 119 Å². The molecule has 7 heteroatoms. The summed E-state index contributed by atoms with van der Waals surface area (Å²) in [4.78, 5) is 12.0. The van der Waals surface area contributed by atoms with Gasteiger partial charge in [-0.25, -0.2) is 4.98 Å². The molecule has 0 aliphatic rings. The minimum atomic E-state index is 0.0404. The molecule has 0 fully saturated rings. The number of aryl methyl sites for hydroxylation is 1. The number of imidazole rings is 1. The summed E-state index contributed by atoms with van der Waals surface area (Å²) >= 11 is 1.55. The molecule has 0 spiro atoms. The van der Waals surface area contributed by atoms with Gasteiger partial charge in [0.05, 0.1) is 23.4 Å². The predicted molar refractivity (Wildman–Crippen MR) is 76.0 cm³/mol. The molecule has 2 aromatic heterocycles. The first-order chi connectivity index (χ1) is 9.65. The maximum atomic E-state index is 5.20. The van der Waals surface area contributed by atoms with Gasteiger partial charge in [-0.05, 0) is 26.0 Å². The summed E-state index contributed by atoms with van der Waals surface area (Å²) in [5.74, 6) is 2.05. The van der Waals surface area contributed by atoms with Gasteiger partial charge in [0.1, 0.15) is 5.75 Å². The number of ether oxygens (including phenoxy) is 1. The van der Waals surface area contributed by atoms with Gasteiger partial charge in [-0.3, -0.25) is 0 Å². The van der Waals surface area contributed by atoms with Gasteiger partial charge in [0.25, 0.3) is 0 Å². The standard InChI is InChI=1S/C13H14N4O2S/c1-7(12-14-8(2)17-19-12)20-13-15-10-5-4-9(18-3)6-11(10)16-13/h4-7H,1-3H3,(H,15,16)/t7-/m0/s1. The van der Waals surface area contributed by atoms with Gasteiger partial charge >= 0.3 is 0 Å². The third-order valence-electron chi connectivity index (χ3n) is 2.85. The third kappa shape index (κ3) is 2.49. The van der Waals surface area contributed by atoms with Crippen molar-refractivity contribution in [2.45, 2.75) is 24.3 Å². The summed E-state index contributed by atoms with van der Waals surface area (Å²) in [5, 5.41) is 4.65. The number of hydrogen-bond acceptors (Lipinski definition) is 6. The van der Waals surface area contributed by atoms with Crippen LogP contribution in [0.3, 0.4) is 0 Å². The Balaban J connectivity index is 1.83. The maximum Gasteiger partial charge on any atom is 0.239 e. The first-order valence-corrected chi connectivity index (χ1v) is 7.04. The molecule has 0 saturated heterocycles. The summed E-state index contributed by atoms with van der Waals surface area (Å²) in [5.41, 5.74) is 1.85. The Morgan fingerprint density at radius 1 is 1.35 bits per heavy atom. The molecule has 6 nitrogen and oxygen atoms in total. The Bertz CT molecular complexity index is 737. The van der Waals surface area contributed by atoms with E-state index in [1.165, 1.54) is 0 Å². The van der Waals surface area contributed by atoms with Crippen molar-refractivity contribution in [3.05, 3.63) is 29.9 Å². The Kier molecular flexibility index (Phi) is 3.35. The van der Waals surface area contributed by atoms with Crippen molar-refractivity contribution < 1.29 is 9.26 Å². The maximum absolute atomic E-state index is 5.20. The van der Waals surface area contributed by atoms with E-state index >= 15 is 0 Å². The Morgan fingerprint density at radius 3 is 2.90 bits per heavy atom. The van der Waals surface area contributed by atoms with Crippen molar-refractivity contribution in [3.63, 3.8) is 0 Å². The molecule has 0 bridgehead atoms. The van der Waals surface area contributed by atoms with E-state index in [0.29, 0.717) is 11.7 Å². The molecule has 0 unspecified atom stereocenters. The van der Waals surface area contributed by atoms with E-state index in [2.05, 4.69) is 20.1 Å². The normalized spacial score (nSPS) is 12.8. The predicted octanol–water partition coefficient (Wildman–Crippen LogP) is 3.12. The monoisotopic (exact) mass is 290 g/mol. The lowest BCUT2D eigenvalue weighted by Crippen LogP contribution is -1.89. The summed E-state index contributed by atoms with van der Waals surface area (Å²) in [6.45, 7) is 3.81. The highest BCUT2D eigenvalue weighted by Gasteiger charge is 2.16. The molecule has 0 saturated carbocycles. The van der Waals surface area contributed by atoms with E-state index < -0.39 is 0 Å². The molecule has 0 aliphatic heterocycles. The topological polar surface area (TPSA) is 76.8 Å². The number of fused-ring (bicyclic) bond motifs is 1. The molecule has 1 atom stereocenters. The minimum absolute atomic E-state index is 0.0404. The summed E-state index contributed by atoms with van der Waals surface area (Å²) in [6, 6.07) is 5.74. The average molecular weight is 290 g/mol. The van der Waals surface area contributed by atoms with Crippen molar-refractivity contribution >= 4 is 22.8 Å². The molecule has 3 aromatic rings. The highest BCUT2D eigenvalue weighted by atomic mass is 32.2. The molecule has 2 heterocycles. The SMILES string of the molecule is COc1ccc2nc(S[C@@H](C)c3nc(C)no3)[nH]c2c1. The van der Waals surface area contributed by atoms with Gasteiger partial charge in [-0.1, -0.05) is 16.9 Å². The quantitative estimate of drug-likeness (QED) is 0.744. The van der Waals surface area contributed by atoms with Crippen molar-refractivity contribution in [3.8, 4) is 5.75 Å². The number of benzene rings is 1. The van der Waals surface area contributed by atoms with Crippen LogP contribution in [0.1, 0.15) is 23.9 Å². The van der Waals surface area contributed by atoms with Crippen LogP contribution in [0.5, 0.6) is 5.75 Å². The zero-order valence-electron chi connectivity index (χ0n) is 11.4. The van der Waals surface area contributed by atoms with Crippen LogP contribution in [0.4, 0.5) is 0 Å². The lowest BCUT2D eigenvalue weighted by Gasteiger charge is -2.02. The van der Waals surface area contributed by atoms with Crippen LogP contribution in [-0.4, -0.2) is 27.2 Å². The number of nitrogens with one attached hydrogen (secondary N) is 1. The van der Waals surface area contributed by atoms with Crippen LogP contribution >= 0.6 is 11.8 Å². The summed E-state index contributed by atoms with van der Waals surface area (Å²) in [6.07, 6.45) is 0. The van der Waals surface area contributed by atoms with Crippen molar-refractivity contribution in [1.29, 1.82) is 0 Å². The zero-order valence-corrected chi connectivity index (χ0v) is 12.2. The molecular weight excluding hydrogens is 276 g/mol. The van der Waals surface area contributed by atoms with E-state index in [0.717, 1.165) is 21.9 Å². The van der Waals surface area contributed by atoms with Crippen LogP contribution in [0.25, 0.3) is 11.0 Å². The van der Waals surface area contributed by atoms with Crippen LogP contribution in [-0.2, 0) is 0 Å². The fourth-order valence-electron chi connectivity index (χ4n) is 1.84. The summed E-state index contributed by atoms with van der Waals surface area (Å²) < 4.78 is 10.4. The molecule has 20 heavy (non-hydrogen) atoms. The first kappa shape index (κ1) is 13.0. The fourth-order valence-corrected chi connectivity index (χ4v) is 2.70. The van der Waals surface area contributed by atoms with E-state index in [9.17, 15) is 0 Å². The molecule has 104 valence electrons. The number of H-pyrrole nitrogens is 1. The van der Waals surface area contributed by atoms with Crippen molar-refractivity contribution in [1.82, 2.24) is 20.1 Å². The second kappa shape index (κ2) is 5.16. The van der Waals surface area contributed by atoms with Crippen LogP contribution in [0.15, 0.2) is 27.9 Å². The second-order valence-corrected chi connectivity index (χ2v) is 5.69. The van der Waals surface area contributed by atoms with Gasteiger partial charge in [0.15, 0.2) is 11.0 Å². The first-order valence-electron chi connectivity index (χ1n) is 6.16. The van der Waals surface area contributed by atoms with Crippen LogP contribution in [0.2, 0.25) is 0 Å². The van der Waals surface area contributed by atoms with E-state index in [4.69, 9.17) is 9.26 Å². The summed E-state index contributed by atoms with van der Waals surface area (Å²) in [7, 11) is 1.65. The number of hydrogen-bond donors (Lipinski definition) is 1. The lowest BCUT2D eigenvalue weighted by molar-refractivity contribution is 0.376. The zero-order chi connectivity index (χ0) is 14.1. The van der Waals surface area contributed by atoms with Crippen LogP contribution < -0.4 is 4.74 Å². The number of nitrogens with zero attached hydrogens (tertiary/aromatic N) is 3. The van der Waals surface area contributed by atoms with E-state index in [-0.39, 0.29) is 5.25 Å². The van der Waals surface area contributed by atoms with Gasteiger partial charge in [0, 0.05) is 6.07 Å². The number of rotatable bonds is 4. The average Bonchev–Trinajstić information content (AvgIpc) is 3.03. The number of aromatic amines is 1. The number of methoxy groups -OCH3 is 1. The highest BCUT2D eigenvalue weighted by molar-refractivity contribution is 7.99. The molecule has 0 amide bonds. The van der Waals surface area contributed by atoms with Gasteiger partial charge in [0.2, 0.25) is 5.89 Å². The third-order valence-corrected chi connectivity index (χ3v) is 3.82. The Hall–Kier alpha value is -2.02. The second-order valence-electron chi connectivity index (χ2n) is 4.36. The van der Waals surface area contributed by atoms with Gasteiger partial charge in [-0.2, -0.15) is 4.98 Å². The molecule has 1 aromatic carbocycles. The molecule has 0 aliphatic carbocycles. The largest absolute Gasteiger partial charge is 0.497 e. The smallest absolute Gasteiger partial charge is 0.239 e. The van der Waals surface area contributed by atoms with Crippen LogP contribution in [0, 0.1) is 6.92 Å². The van der Waals surface area contributed by atoms with Crippen molar-refractivity contribution in [2.24, 2.45) is 0 Å². The molecule has 3 rings (SSSR count). The lowest BCUT2D eigenvalue weighted by atomic mass is 10.3. The number of aromatic nitrogens is 4. The molecular formula is C13H14N4O2S. The van der Waals surface area contributed by atoms with Gasteiger partial charge in [-0.15, -0.1) is 0 Å². The van der Waals surface area contributed by atoms with Crippen molar-refractivity contribution in [2.75, 3.05) is 7.11 Å². The van der Waals surface area contributed by atoms with E-state index in [1.807, 2.05) is 25.1 Å². The highest BCUT2D eigenvalue weighted by Crippen LogP contribution is 2.33. The molecule has 1 N–H and O–H groups in total. The minimum Gasteiger partial charge on any atom is -0.497 e. The molecule has 0 radical (unpaired) electrons.